The smallest absolute Gasteiger partial charge is 0.311 e. The maximum absolute atomic E-state index is 12.9. The molecule has 0 saturated carbocycles. The Kier molecular flexibility index (Phi) is 6.20. The van der Waals surface area contributed by atoms with Gasteiger partial charge in [0.15, 0.2) is 0 Å². The van der Waals surface area contributed by atoms with E-state index in [1.165, 1.54) is 18.9 Å². The van der Waals surface area contributed by atoms with Crippen LogP contribution in [0.15, 0.2) is 35.2 Å². The van der Waals surface area contributed by atoms with E-state index in [4.69, 9.17) is 13.7 Å². The van der Waals surface area contributed by atoms with Crippen LogP contribution < -0.4 is 0 Å². The summed E-state index contributed by atoms with van der Waals surface area (Å²) in [4.78, 5) is 12.0. The molecule has 2 fully saturated rings. The third-order valence-corrected chi connectivity index (χ3v) is 8.55. The van der Waals surface area contributed by atoms with Crippen molar-refractivity contribution in [3.8, 4) is 0 Å². The van der Waals surface area contributed by atoms with Gasteiger partial charge < -0.3 is 9.47 Å². The number of thioether (sulfide) groups is 1. The summed E-state index contributed by atoms with van der Waals surface area (Å²) in [5.74, 6) is -0.949. The Balaban J connectivity index is 1.97. The van der Waals surface area contributed by atoms with Gasteiger partial charge in [0.2, 0.25) is 0 Å². The number of benzene rings is 1. The largest absolute Gasteiger partial charge is 0.469 e. The summed E-state index contributed by atoms with van der Waals surface area (Å²) in [7, 11) is -2.48. The van der Waals surface area contributed by atoms with Gasteiger partial charge in [-0.05, 0) is 31.9 Å². The number of fused-ring (bicyclic) bond motifs is 1. The maximum atomic E-state index is 12.9. The monoisotopic (exact) mass is 414 g/mol. The van der Waals surface area contributed by atoms with Crippen LogP contribution in [0.5, 0.6) is 0 Å². The number of carbonyl (C=O) groups is 1. The molecule has 2 unspecified atom stereocenters. The Hall–Kier alpha value is -1.09. The molecule has 2 aliphatic rings. The van der Waals surface area contributed by atoms with Crippen molar-refractivity contribution in [2.24, 2.45) is 5.92 Å². The van der Waals surface area contributed by atoms with E-state index in [2.05, 4.69) is 0 Å². The van der Waals surface area contributed by atoms with Gasteiger partial charge in [-0.3, -0.25) is 8.98 Å². The highest BCUT2D eigenvalue weighted by molar-refractivity contribution is 8.01. The molecule has 0 aromatic heterocycles. The number of methoxy groups -OCH3 is 1. The second-order valence-electron chi connectivity index (χ2n) is 7.12. The lowest BCUT2D eigenvalue weighted by atomic mass is 10.00. The predicted octanol–water partition coefficient (Wildman–Crippen LogP) is 3.36. The normalized spacial score (nSPS) is 33.2. The van der Waals surface area contributed by atoms with Crippen LogP contribution >= 0.6 is 11.8 Å². The Morgan fingerprint density at radius 2 is 2.07 bits per heavy atom. The minimum atomic E-state index is -3.81. The molecular weight excluding hydrogens is 388 g/mol. The molecule has 5 atom stereocenters. The van der Waals surface area contributed by atoms with E-state index in [1.54, 1.807) is 6.92 Å². The minimum Gasteiger partial charge on any atom is -0.469 e. The summed E-state index contributed by atoms with van der Waals surface area (Å²) in [6.45, 7) is 3.71. The van der Waals surface area contributed by atoms with E-state index in [-0.39, 0.29) is 6.42 Å². The quantitative estimate of drug-likeness (QED) is 0.522. The van der Waals surface area contributed by atoms with Crippen molar-refractivity contribution in [1.82, 2.24) is 0 Å². The van der Waals surface area contributed by atoms with Crippen LogP contribution in [0.1, 0.15) is 39.5 Å². The van der Waals surface area contributed by atoms with Crippen LogP contribution in [0.2, 0.25) is 0 Å². The zero-order chi connectivity index (χ0) is 19.7. The molecular formula is C19H26O6S2. The topological polar surface area (TPSA) is 78.9 Å². The van der Waals surface area contributed by atoms with Crippen molar-refractivity contribution in [3.63, 3.8) is 0 Å². The van der Waals surface area contributed by atoms with E-state index < -0.39 is 44.4 Å². The van der Waals surface area contributed by atoms with Crippen LogP contribution in [0.4, 0.5) is 0 Å². The zero-order valence-electron chi connectivity index (χ0n) is 15.8. The highest BCUT2D eigenvalue weighted by atomic mass is 32.2. The number of ether oxygens (including phenoxy) is 2. The molecule has 0 bridgehead atoms. The molecule has 6 nitrogen and oxygen atoms in total. The van der Waals surface area contributed by atoms with E-state index in [0.29, 0.717) is 12.8 Å². The maximum Gasteiger partial charge on any atom is 0.311 e. The van der Waals surface area contributed by atoms with Crippen LogP contribution in [0, 0.1) is 5.92 Å². The standard InChI is InChI=1S/C19H26O6S2/c1-4-8-14-12-19(26-15-9-6-5-7-10-15)17(27(21,22)25-14)11-16(24-19)13(2)18(20)23-3/h5-7,9-10,13-14,16-17H,4,8,11-12H2,1-3H3/t13-,14+,16-,17?,19?/m1/s1. The van der Waals surface area contributed by atoms with Crippen LogP contribution in [-0.2, 0) is 28.6 Å². The fourth-order valence-corrected chi connectivity index (χ4v) is 7.39. The van der Waals surface area contributed by atoms with Crippen molar-refractivity contribution < 1.29 is 26.9 Å². The molecule has 27 heavy (non-hydrogen) atoms. The van der Waals surface area contributed by atoms with Crippen molar-refractivity contribution >= 4 is 27.8 Å². The Morgan fingerprint density at radius 1 is 1.37 bits per heavy atom. The zero-order valence-corrected chi connectivity index (χ0v) is 17.4. The highest BCUT2D eigenvalue weighted by Crippen LogP contribution is 2.54. The van der Waals surface area contributed by atoms with Crippen molar-refractivity contribution in [2.45, 2.75) is 66.8 Å². The molecule has 0 aliphatic carbocycles. The molecule has 150 valence electrons. The minimum absolute atomic E-state index is 0.220. The van der Waals surface area contributed by atoms with Crippen LogP contribution in [0.25, 0.3) is 0 Å². The Bertz CT molecular complexity index is 766. The Morgan fingerprint density at radius 3 is 2.70 bits per heavy atom. The molecule has 8 heteroatoms. The van der Waals surface area contributed by atoms with E-state index in [1.807, 2.05) is 37.3 Å². The van der Waals surface area contributed by atoms with Crippen molar-refractivity contribution in [2.75, 3.05) is 7.11 Å². The van der Waals surface area contributed by atoms with Gasteiger partial charge in [0.05, 0.1) is 25.2 Å². The average Bonchev–Trinajstić information content (AvgIpc) is 3.01. The molecule has 0 N–H and O–H groups in total. The third-order valence-electron chi connectivity index (χ3n) is 5.19. The van der Waals surface area contributed by atoms with E-state index in [0.717, 1.165) is 11.3 Å². The molecule has 0 amide bonds. The van der Waals surface area contributed by atoms with Gasteiger partial charge in [-0.1, -0.05) is 43.3 Å². The first-order valence-corrected chi connectivity index (χ1v) is 11.5. The van der Waals surface area contributed by atoms with Gasteiger partial charge in [-0.25, -0.2) is 0 Å². The lowest BCUT2D eigenvalue weighted by molar-refractivity contribution is -0.150. The first-order chi connectivity index (χ1) is 12.8. The molecule has 1 aromatic rings. The molecule has 0 radical (unpaired) electrons. The molecule has 2 heterocycles. The molecule has 2 aliphatic heterocycles. The summed E-state index contributed by atoms with van der Waals surface area (Å²) < 4.78 is 42.5. The second kappa shape index (κ2) is 8.11. The molecule has 2 saturated heterocycles. The average molecular weight is 415 g/mol. The summed E-state index contributed by atoms with van der Waals surface area (Å²) in [5.41, 5.74) is 0. The highest BCUT2D eigenvalue weighted by Gasteiger charge is 2.61. The summed E-state index contributed by atoms with van der Waals surface area (Å²) in [5, 5.41) is -0.819. The first kappa shape index (κ1) is 20.6. The molecule has 3 rings (SSSR count). The van der Waals surface area contributed by atoms with Crippen molar-refractivity contribution in [1.29, 1.82) is 0 Å². The predicted molar refractivity (Wildman–Crippen MR) is 103 cm³/mol. The number of hydrogen-bond donors (Lipinski definition) is 0. The number of hydrogen-bond acceptors (Lipinski definition) is 7. The summed E-state index contributed by atoms with van der Waals surface area (Å²) in [6, 6.07) is 9.61. The SMILES string of the molecule is CCC[C@H]1CC2(Sc3ccccc3)O[C@@H]([C@@H](C)C(=O)OC)CC2S(=O)(=O)O1. The fourth-order valence-electron chi connectivity index (χ4n) is 3.83. The van der Waals surface area contributed by atoms with Crippen LogP contribution in [-0.4, -0.2) is 43.9 Å². The second-order valence-corrected chi connectivity index (χ2v) is 10.2. The Labute approximate surface area is 165 Å². The van der Waals surface area contributed by atoms with Gasteiger partial charge in [-0.2, -0.15) is 8.42 Å². The lowest BCUT2D eigenvalue weighted by Crippen LogP contribution is -2.50. The number of esters is 1. The number of carbonyl (C=O) groups excluding carboxylic acids is 1. The van der Waals surface area contributed by atoms with Gasteiger partial charge in [-0.15, -0.1) is 0 Å². The van der Waals surface area contributed by atoms with Gasteiger partial charge in [0.25, 0.3) is 10.1 Å². The first-order valence-electron chi connectivity index (χ1n) is 9.23. The van der Waals surface area contributed by atoms with Gasteiger partial charge >= 0.3 is 5.97 Å². The van der Waals surface area contributed by atoms with Gasteiger partial charge in [0.1, 0.15) is 10.2 Å². The summed E-state index contributed by atoms with van der Waals surface area (Å²) >= 11 is 1.42. The van der Waals surface area contributed by atoms with Crippen LogP contribution in [0.3, 0.4) is 0 Å². The van der Waals surface area contributed by atoms with Gasteiger partial charge in [0, 0.05) is 11.3 Å². The summed E-state index contributed by atoms with van der Waals surface area (Å²) in [6.07, 6.45) is 1.20. The van der Waals surface area contributed by atoms with E-state index >= 15 is 0 Å². The number of rotatable bonds is 6. The van der Waals surface area contributed by atoms with Crippen molar-refractivity contribution in [3.05, 3.63) is 30.3 Å². The lowest BCUT2D eigenvalue weighted by Gasteiger charge is -2.40. The fraction of sp³-hybridized carbons (Fsp3) is 0.632. The molecule has 0 spiro atoms. The molecule has 1 aromatic carbocycles. The van der Waals surface area contributed by atoms with E-state index in [9.17, 15) is 13.2 Å². The third kappa shape index (κ3) is 4.18.